The lowest BCUT2D eigenvalue weighted by molar-refractivity contribution is -0.386. The number of anilines is 1. The van der Waals surface area contributed by atoms with Crippen LogP contribution in [0.3, 0.4) is 0 Å². The van der Waals surface area contributed by atoms with Crippen molar-refractivity contribution in [3.05, 3.63) is 52.5 Å². The monoisotopic (exact) mass is 278 g/mol. The number of nitrogens with zero attached hydrogens (tertiary/aromatic N) is 1. The van der Waals surface area contributed by atoms with Crippen molar-refractivity contribution in [2.24, 2.45) is 0 Å². The van der Waals surface area contributed by atoms with Crippen molar-refractivity contribution in [1.29, 1.82) is 0 Å². The van der Waals surface area contributed by atoms with Gasteiger partial charge in [-0.25, -0.2) is 0 Å². The summed E-state index contributed by atoms with van der Waals surface area (Å²) in [7, 11) is 0. The first-order valence-electron chi connectivity index (χ1n) is 5.88. The third-order valence-electron chi connectivity index (χ3n) is 2.50. The molecule has 1 heterocycles. The van der Waals surface area contributed by atoms with Crippen LogP contribution in [0.15, 0.2) is 45.9 Å². The molecule has 0 aliphatic rings. The third-order valence-corrected chi connectivity index (χ3v) is 3.57. The van der Waals surface area contributed by atoms with Crippen LogP contribution in [-0.2, 0) is 5.75 Å². The van der Waals surface area contributed by atoms with E-state index in [1.807, 2.05) is 19.1 Å². The molecular formula is C13H14N2O3S. The van der Waals surface area contributed by atoms with Crippen molar-refractivity contribution >= 4 is 23.1 Å². The molecule has 1 aromatic carbocycles. The lowest BCUT2D eigenvalue weighted by Gasteiger charge is -2.07. The van der Waals surface area contributed by atoms with E-state index in [1.54, 1.807) is 24.5 Å². The van der Waals surface area contributed by atoms with Crippen molar-refractivity contribution in [2.45, 2.75) is 17.6 Å². The van der Waals surface area contributed by atoms with E-state index in [-0.39, 0.29) is 10.6 Å². The average Bonchev–Trinajstić information content (AvgIpc) is 2.89. The highest BCUT2D eigenvalue weighted by molar-refractivity contribution is 7.98. The van der Waals surface area contributed by atoms with Crippen LogP contribution < -0.4 is 5.32 Å². The topological polar surface area (TPSA) is 68.3 Å². The highest BCUT2D eigenvalue weighted by atomic mass is 32.2. The Labute approximate surface area is 115 Å². The first-order chi connectivity index (χ1) is 9.22. The summed E-state index contributed by atoms with van der Waals surface area (Å²) < 4.78 is 5.23. The zero-order chi connectivity index (χ0) is 13.7. The molecule has 1 N–H and O–H groups in total. The lowest BCUT2D eigenvalue weighted by Crippen LogP contribution is -2.02. The molecule has 19 heavy (non-hydrogen) atoms. The Morgan fingerprint density at radius 2 is 2.21 bits per heavy atom. The molecule has 0 unspecified atom stereocenters. The summed E-state index contributed by atoms with van der Waals surface area (Å²) in [5.41, 5.74) is 0.679. The molecule has 0 bridgehead atoms. The van der Waals surface area contributed by atoms with Crippen molar-refractivity contribution in [2.75, 3.05) is 11.9 Å². The number of furan rings is 1. The number of thioether (sulfide) groups is 1. The summed E-state index contributed by atoms with van der Waals surface area (Å²) in [6.45, 7) is 2.56. The summed E-state index contributed by atoms with van der Waals surface area (Å²) in [6, 6.07) is 8.95. The largest absolute Gasteiger partial charge is 0.468 e. The Morgan fingerprint density at radius 3 is 2.84 bits per heavy atom. The van der Waals surface area contributed by atoms with Crippen molar-refractivity contribution in [1.82, 2.24) is 0 Å². The van der Waals surface area contributed by atoms with E-state index in [2.05, 4.69) is 5.32 Å². The molecule has 0 aliphatic heterocycles. The van der Waals surface area contributed by atoms with Crippen molar-refractivity contribution in [3.63, 3.8) is 0 Å². The predicted octanol–water partition coefficient (Wildman–Crippen LogP) is 3.91. The summed E-state index contributed by atoms with van der Waals surface area (Å²) >= 11 is 1.40. The molecule has 0 saturated carbocycles. The SMILES string of the molecule is CCNc1cccc(SCc2ccco2)c1[N+](=O)[O-]. The van der Waals surface area contributed by atoms with Gasteiger partial charge in [-0.15, -0.1) is 11.8 Å². The fraction of sp³-hybridized carbons (Fsp3) is 0.231. The molecule has 100 valence electrons. The van der Waals surface area contributed by atoms with Crippen LogP contribution in [0.2, 0.25) is 0 Å². The fourth-order valence-corrected chi connectivity index (χ4v) is 2.66. The van der Waals surface area contributed by atoms with Crippen LogP contribution in [0.4, 0.5) is 11.4 Å². The predicted molar refractivity (Wildman–Crippen MR) is 75.5 cm³/mol. The van der Waals surface area contributed by atoms with Gasteiger partial charge < -0.3 is 9.73 Å². The number of benzene rings is 1. The number of hydrogen-bond donors (Lipinski definition) is 1. The molecule has 5 nitrogen and oxygen atoms in total. The van der Waals surface area contributed by atoms with Crippen LogP contribution in [0.1, 0.15) is 12.7 Å². The smallest absolute Gasteiger partial charge is 0.305 e. The Hall–Kier alpha value is -1.95. The number of rotatable bonds is 6. The molecule has 0 fully saturated rings. The molecule has 0 spiro atoms. The van der Waals surface area contributed by atoms with Crippen LogP contribution in [0.5, 0.6) is 0 Å². The summed E-state index contributed by atoms with van der Waals surface area (Å²) in [5, 5.41) is 14.2. The number of hydrogen-bond acceptors (Lipinski definition) is 5. The first-order valence-corrected chi connectivity index (χ1v) is 6.87. The minimum absolute atomic E-state index is 0.126. The zero-order valence-electron chi connectivity index (χ0n) is 10.5. The van der Waals surface area contributed by atoms with E-state index in [1.165, 1.54) is 11.8 Å². The second kappa shape index (κ2) is 6.29. The van der Waals surface area contributed by atoms with E-state index in [0.717, 1.165) is 5.76 Å². The van der Waals surface area contributed by atoms with Gasteiger partial charge >= 0.3 is 5.69 Å². The van der Waals surface area contributed by atoms with Crippen LogP contribution in [0, 0.1) is 10.1 Å². The van der Waals surface area contributed by atoms with Gasteiger partial charge in [-0.1, -0.05) is 6.07 Å². The van der Waals surface area contributed by atoms with Crippen LogP contribution in [-0.4, -0.2) is 11.5 Å². The Morgan fingerprint density at radius 1 is 1.37 bits per heavy atom. The first kappa shape index (κ1) is 13.5. The van der Waals surface area contributed by atoms with Gasteiger partial charge in [-0.3, -0.25) is 10.1 Å². The Balaban J connectivity index is 2.23. The summed E-state index contributed by atoms with van der Waals surface area (Å²) in [6.07, 6.45) is 1.60. The maximum absolute atomic E-state index is 11.2. The molecule has 2 aromatic rings. The quantitative estimate of drug-likeness (QED) is 0.493. The molecule has 0 aliphatic carbocycles. The van der Waals surface area contributed by atoms with Gasteiger partial charge in [0.05, 0.1) is 21.8 Å². The molecule has 0 saturated heterocycles. The lowest BCUT2D eigenvalue weighted by atomic mass is 10.2. The molecular weight excluding hydrogens is 264 g/mol. The zero-order valence-corrected chi connectivity index (χ0v) is 11.3. The second-order valence-corrected chi connectivity index (χ2v) is 4.82. The third kappa shape index (κ3) is 3.29. The molecule has 0 radical (unpaired) electrons. The van der Waals surface area contributed by atoms with Gasteiger partial charge in [0.25, 0.3) is 0 Å². The highest BCUT2D eigenvalue weighted by Crippen LogP contribution is 2.36. The Bertz CT molecular complexity index is 555. The van der Waals surface area contributed by atoms with Gasteiger partial charge in [0.2, 0.25) is 0 Å². The van der Waals surface area contributed by atoms with Crippen LogP contribution >= 0.6 is 11.8 Å². The molecule has 1 aromatic heterocycles. The average molecular weight is 278 g/mol. The maximum Gasteiger partial charge on any atom is 0.305 e. The van der Waals surface area contributed by atoms with Gasteiger partial charge in [-0.05, 0) is 31.2 Å². The van der Waals surface area contributed by atoms with E-state index in [0.29, 0.717) is 22.9 Å². The minimum atomic E-state index is -0.345. The van der Waals surface area contributed by atoms with E-state index in [4.69, 9.17) is 4.42 Å². The van der Waals surface area contributed by atoms with E-state index < -0.39 is 0 Å². The summed E-state index contributed by atoms with van der Waals surface area (Å²) in [4.78, 5) is 11.5. The van der Waals surface area contributed by atoms with Crippen LogP contribution in [0.25, 0.3) is 0 Å². The maximum atomic E-state index is 11.2. The fourth-order valence-electron chi connectivity index (χ4n) is 1.70. The van der Waals surface area contributed by atoms with Gasteiger partial charge in [0.15, 0.2) is 0 Å². The number of nitro benzene ring substituents is 1. The normalized spacial score (nSPS) is 10.4. The number of nitro groups is 1. The van der Waals surface area contributed by atoms with Crippen molar-refractivity contribution in [3.8, 4) is 0 Å². The Kier molecular flexibility index (Phi) is 4.46. The number of nitrogens with one attached hydrogen (secondary N) is 1. The minimum Gasteiger partial charge on any atom is -0.468 e. The van der Waals surface area contributed by atoms with Crippen molar-refractivity contribution < 1.29 is 9.34 Å². The molecule has 0 atom stereocenters. The molecule has 6 heteroatoms. The molecule has 2 rings (SSSR count). The van der Waals surface area contributed by atoms with Gasteiger partial charge in [-0.2, -0.15) is 0 Å². The number of para-hydroxylation sites is 1. The summed E-state index contributed by atoms with van der Waals surface area (Å²) in [5.74, 6) is 1.37. The van der Waals surface area contributed by atoms with Gasteiger partial charge in [0.1, 0.15) is 11.4 Å². The second-order valence-electron chi connectivity index (χ2n) is 3.81. The van der Waals surface area contributed by atoms with E-state index >= 15 is 0 Å². The molecule has 0 amide bonds. The highest BCUT2D eigenvalue weighted by Gasteiger charge is 2.19. The van der Waals surface area contributed by atoms with E-state index in [9.17, 15) is 10.1 Å². The van der Waals surface area contributed by atoms with Gasteiger partial charge in [0, 0.05) is 6.54 Å². The standard InChI is InChI=1S/C13H14N2O3S/c1-2-14-11-6-3-7-12(13(11)15(16)17)19-9-10-5-4-8-18-10/h3-8,14H,2,9H2,1H3.